The van der Waals surface area contributed by atoms with Gasteiger partial charge in [0.2, 0.25) is 0 Å². The number of nitrogens with zero attached hydrogens (tertiary/aromatic N) is 1. The number of carbonyl (C=O) groups is 1. The number of aromatic nitrogens is 1. The van der Waals surface area contributed by atoms with Gasteiger partial charge in [-0.25, -0.2) is 9.78 Å². The van der Waals surface area contributed by atoms with Crippen molar-refractivity contribution in [3.05, 3.63) is 53.9 Å². The van der Waals surface area contributed by atoms with Crippen molar-refractivity contribution < 1.29 is 9.90 Å². The molecule has 0 aliphatic rings. The van der Waals surface area contributed by atoms with Crippen LogP contribution in [0.2, 0.25) is 0 Å². The van der Waals surface area contributed by atoms with E-state index in [2.05, 4.69) is 4.98 Å². The van der Waals surface area contributed by atoms with Crippen LogP contribution >= 0.6 is 0 Å². The number of hydrogen-bond donors (Lipinski definition) is 1. The van der Waals surface area contributed by atoms with E-state index >= 15 is 0 Å². The first-order chi connectivity index (χ1) is 7.70. The fraction of sp³-hybridized carbons (Fsp3) is 0.0769. The first-order valence-electron chi connectivity index (χ1n) is 4.94. The molecular weight excluding hydrogens is 202 g/mol. The van der Waals surface area contributed by atoms with Gasteiger partial charge in [-0.2, -0.15) is 0 Å². The van der Waals surface area contributed by atoms with Gasteiger partial charge < -0.3 is 5.11 Å². The van der Waals surface area contributed by atoms with Crippen molar-refractivity contribution in [3.63, 3.8) is 0 Å². The highest BCUT2D eigenvalue weighted by Crippen LogP contribution is 2.23. The molecule has 0 atom stereocenters. The molecule has 1 heterocycles. The summed E-state index contributed by atoms with van der Waals surface area (Å²) in [6, 6.07) is 11.5. The molecule has 2 aromatic rings. The van der Waals surface area contributed by atoms with Crippen LogP contribution in [0.3, 0.4) is 0 Å². The van der Waals surface area contributed by atoms with Gasteiger partial charge >= 0.3 is 5.97 Å². The van der Waals surface area contributed by atoms with Crippen LogP contribution in [0, 0.1) is 6.92 Å². The van der Waals surface area contributed by atoms with Gasteiger partial charge in [0, 0.05) is 6.20 Å². The normalized spacial score (nSPS) is 10.1. The molecule has 0 fully saturated rings. The zero-order valence-electron chi connectivity index (χ0n) is 8.84. The van der Waals surface area contributed by atoms with E-state index in [1.54, 1.807) is 6.92 Å². The highest BCUT2D eigenvalue weighted by atomic mass is 16.4. The highest BCUT2D eigenvalue weighted by Gasteiger charge is 2.12. The van der Waals surface area contributed by atoms with E-state index < -0.39 is 5.97 Å². The number of carboxylic acids is 1. The first kappa shape index (κ1) is 10.4. The van der Waals surface area contributed by atoms with Crippen LogP contribution in [0.4, 0.5) is 0 Å². The summed E-state index contributed by atoms with van der Waals surface area (Å²) in [4.78, 5) is 14.8. The van der Waals surface area contributed by atoms with Crippen molar-refractivity contribution in [1.82, 2.24) is 4.98 Å². The summed E-state index contributed by atoms with van der Waals surface area (Å²) in [6.45, 7) is 1.78. The molecule has 0 bridgehead atoms. The number of pyridine rings is 1. The minimum absolute atomic E-state index is 0.112. The third-order valence-electron chi connectivity index (χ3n) is 2.49. The fourth-order valence-electron chi connectivity index (χ4n) is 1.68. The molecular formula is C13H11NO2. The molecule has 0 saturated carbocycles. The smallest absolute Gasteiger partial charge is 0.354 e. The number of rotatable bonds is 2. The third-order valence-corrected chi connectivity index (χ3v) is 2.49. The zero-order valence-corrected chi connectivity index (χ0v) is 8.84. The summed E-state index contributed by atoms with van der Waals surface area (Å²) in [5.41, 5.74) is 2.72. The molecule has 0 radical (unpaired) electrons. The largest absolute Gasteiger partial charge is 0.477 e. The van der Waals surface area contributed by atoms with Crippen LogP contribution in [0.25, 0.3) is 11.1 Å². The molecule has 3 heteroatoms. The van der Waals surface area contributed by atoms with Crippen LogP contribution < -0.4 is 0 Å². The minimum Gasteiger partial charge on any atom is -0.477 e. The molecule has 0 unspecified atom stereocenters. The van der Waals surface area contributed by atoms with E-state index in [4.69, 9.17) is 5.11 Å². The lowest BCUT2D eigenvalue weighted by molar-refractivity contribution is 0.0689. The average Bonchev–Trinajstić information content (AvgIpc) is 2.30. The molecule has 0 spiro atoms. The second-order valence-corrected chi connectivity index (χ2v) is 3.50. The number of aromatic carboxylic acids is 1. The Labute approximate surface area is 93.4 Å². The molecule has 2 rings (SSSR count). The highest BCUT2D eigenvalue weighted by molar-refractivity contribution is 5.89. The van der Waals surface area contributed by atoms with E-state index in [0.29, 0.717) is 5.56 Å². The van der Waals surface area contributed by atoms with Gasteiger partial charge in [-0.3, -0.25) is 0 Å². The van der Waals surface area contributed by atoms with E-state index in [-0.39, 0.29) is 5.69 Å². The monoisotopic (exact) mass is 213 g/mol. The topological polar surface area (TPSA) is 50.2 Å². The van der Waals surface area contributed by atoms with E-state index in [0.717, 1.165) is 11.1 Å². The van der Waals surface area contributed by atoms with Crippen molar-refractivity contribution in [2.75, 3.05) is 0 Å². The molecule has 0 aliphatic heterocycles. The van der Waals surface area contributed by atoms with Crippen LogP contribution in [0.5, 0.6) is 0 Å². The predicted molar refractivity (Wildman–Crippen MR) is 61.4 cm³/mol. The summed E-state index contributed by atoms with van der Waals surface area (Å²) in [7, 11) is 0. The van der Waals surface area contributed by atoms with E-state index in [9.17, 15) is 4.79 Å². The number of carboxylic acid groups (broad SMARTS) is 1. The van der Waals surface area contributed by atoms with Crippen LogP contribution in [-0.2, 0) is 0 Å². The number of benzene rings is 1. The molecule has 0 amide bonds. The lowest BCUT2D eigenvalue weighted by Crippen LogP contribution is -2.04. The lowest BCUT2D eigenvalue weighted by Gasteiger charge is -2.07. The number of hydrogen-bond acceptors (Lipinski definition) is 2. The predicted octanol–water partition coefficient (Wildman–Crippen LogP) is 2.76. The van der Waals surface area contributed by atoms with Gasteiger partial charge in [-0.1, -0.05) is 30.3 Å². The molecule has 3 nitrogen and oxygen atoms in total. The maximum Gasteiger partial charge on any atom is 0.354 e. The van der Waals surface area contributed by atoms with Crippen LogP contribution in [0.1, 0.15) is 16.1 Å². The van der Waals surface area contributed by atoms with Gasteiger partial charge in [0.15, 0.2) is 5.69 Å². The maximum atomic E-state index is 10.9. The SMILES string of the molecule is Cc1c(-c2ccccc2)ccnc1C(=O)O. The van der Waals surface area contributed by atoms with Crippen molar-refractivity contribution in [1.29, 1.82) is 0 Å². The molecule has 1 aromatic heterocycles. The van der Waals surface area contributed by atoms with Gasteiger partial charge in [0.25, 0.3) is 0 Å². The Morgan fingerprint density at radius 1 is 1.19 bits per heavy atom. The second kappa shape index (κ2) is 4.14. The first-order valence-corrected chi connectivity index (χ1v) is 4.94. The van der Waals surface area contributed by atoms with Crippen molar-refractivity contribution in [3.8, 4) is 11.1 Å². The Kier molecular flexibility index (Phi) is 2.68. The summed E-state index contributed by atoms with van der Waals surface area (Å²) in [5.74, 6) is -0.990. The Balaban J connectivity index is 2.59. The second-order valence-electron chi connectivity index (χ2n) is 3.50. The van der Waals surface area contributed by atoms with Gasteiger partial charge in [0.05, 0.1) is 0 Å². The van der Waals surface area contributed by atoms with Crippen molar-refractivity contribution >= 4 is 5.97 Å². The van der Waals surface area contributed by atoms with Gasteiger partial charge in [0.1, 0.15) is 0 Å². The molecule has 16 heavy (non-hydrogen) atoms. The van der Waals surface area contributed by atoms with Crippen LogP contribution in [-0.4, -0.2) is 16.1 Å². The van der Waals surface area contributed by atoms with E-state index in [1.165, 1.54) is 6.20 Å². The Bertz CT molecular complexity index is 521. The third kappa shape index (κ3) is 1.80. The standard InChI is InChI=1S/C13H11NO2/c1-9-11(10-5-3-2-4-6-10)7-8-14-12(9)13(15)16/h2-8H,1H3,(H,15,16). The van der Waals surface area contributed by atoms with E-state index in [1.807, 2.05) is 36.4 Å². The summed E-state index contributed by atoms with van der Waals surface area (Å²) >= 11 is 0. The summed E-state index contributed by atoms with van der Waals surface area (Å²) in [5, 5.41) is 8.97. The average molecular weight is 213 g/mol. The Morgan fingerprint density at radius 2 is 1.88 bits per heavy atom. The molecule has 1 N–H and O–H groups in total. The molecule has 1 aromatic carbocycles. The molecule has 0 saturated heterocycles. The van der Waals surface area contributed by atoms with Crippen molar-refractivity contribution in [2.24, 2.45) is 0 Å². The summed E-state index contributed by atoms with van der Waals surface area (Å²) < 4.78 is 0. The Hall–Kier alpha value is -2.16. The van der Waals surface area contributed by atoms with Crippen molar-refractivity contribution in [2.45, 2.75) is 6.92 Å². The fourth-order valence-corrected chi connectivity index (χ4v) is 1.68. The summed E-state index contributed by atoms with van der Waals surface area (Å²) in [6.07, 6.45) is 1.53. The van der Waals surface area contributed by atoms with Crippen LogP contribution in [0.15, 0.2) is 42.6 Å². The molecule has 0 aliphatic carbocycles. The maximum absolute atomic E-state index is 10.9. The Morgan fingerprint density at radius 3 is 2.50 bits per heavy atom. The minimum atomic E-state index is -0.990. The van der Waals surface area contributed by atoms with Gasteiger partial charge in [-0.05, 0) is 29.7 Å². The zero-order chi connectivity index (χ0) is 11.5. The molecule has 80 valence electrons. The van der Waals surface area contributed by atoms with Gasteiger partial charge in [-0.15, -0.1) is 0 Å². The quantitative estimate of drug-likeness (QED) is 0.834. The lowest BCUT2D eigenvalue weighted by atomic mass is 10.0.